The Morgan fingerprint density at radius 1 is 1.27 bits per heavy atom. The second kappa shape index (κ2) is 3.93. The van der Waals surface area contributed by atoms with E-state index in [0.717, 1.165) is 24.8 Å². The molecule has 1 aromatic carbocycles. The van der Waals surface area contributed by atoms with E-state index in [2.05, 4.69) is 6.92 Å². The van der Waals surface area contributed by atoms with Gasteiger partial charge in [0.1, 0.15) is 5.82 Å². The zero-order valence-corrected chi connectivity index (χ0v) is 9.04. The van der Waals surface area contributed by atoms with Crippen molar-refractivity contribution < 1.29 is 9.50 Å². The third-order valence-electron chi connectivity index (χ3n) is 3.60. The minimum Gasteiger partial charge on any atom is -0.385 e. The molecule has 1 aliphatic carbocycles. The summed E-state index contributed by atoms with van der Waals surface area (Å²) in [6.45, 7) is 2.07. The fourth-order valence-corrected chi connectivity index (χ4v) is 2.50. The molecule has 1 aliphatic rings. The molecule has 0 bridgehead atoms. The molecule has 0 saturated heterocycles. The fraction of sp³-hybridized carbons (Fsp3) is 0.538. The van der Waals surface area contributed by atoms with Crippen LogP contribution in [0.1, 0.15) is 38.2 Å². The zero-order valence-electron chi connectivity index (χ0n) is 9.04. The van der Waals surface area contributed by atoms with E-state index >= 15 is 0 Å². The van der Waals surface area contributed by atoms with Gasteiger partial charge in [0.15, 0.2) is 0 Å². The maximum absolute atomic E-state index is 12.8. The Morgan fingerprint density at radius 2 is 1.93 bits per heavy atom. The van der Waals surface area contributed by atoms with Crippen LogP contribution in [0.3, 0.4) is 0 Å². The largest absolute Gasteiger partial charge is 0.385 e. The average Bonchev–Trinajstić information content (AvgIpc) is 2.23. The van der Waals surface area contributed by atoms with E-state index in [1.54, 1.807) is 12.1 Å². The molecule has 1 saturated carbocycles. The lowest BCUT2D eigenvalue weighted by Crippen LogP contribution is -2.36. The van der Waals surface area contributed by atoms with Gasteiger partial charge in [-0.05, 0) is 36.5 Å². The van der Waals surface area contributed by atoms with E-state index in [9.17, 15) is 9.50 Å². The lowest BCUT2D eigenvalue weighted by atomic mass is 9.72. The number of hydrogen-bond donors (Lipinski definition) is 1. The van der Waals surface area contributed by atoms with E-state index in [0.29, 0.717) is 0 Å². The van der Waals surface area contributed by atoms with E-state index in [-0.39, 0.29) is 11.7 Å². The number of hydrogen-bond acceptors (Lipinski definition) is 1. The molecule has 1 N–H and O–H groups in total. The van der Waals surface area contributed by atoms with Gasteiger partial charge in [-0.15, -0.1) is 0 Å². The Balaban J connectivity index is 2.30. The molecule has 0 aliphatic heterocycles. The first-order valence-corrected chi connectivity index (χ1v) is 5.61. The molecule has 0 heterocycles. The summed E-state index contributed by atoms with van der Waals surface area (Å²) in [6.07, 6.45) is 4.08. The van der Waals surface area contributed by atoms with Gasteiger partial charge in [0, 0.05) is 0 Å². The molecule has 2 unspecified atom stereocenters. The van der Waals surface area contributed by atoms with Crippen molar-refractivity contribution in [2.75, 3.05) is 0 Å². The Hall–Kier alpha value is -0.890. The number of benzene rings is 1. The average molecular weight is 208 g/mol. The van der Waals surface area contributed by atoms with Crippen molar-refractivity contribution in [2.45, 2.75) is 38.2 Å². The molecule has 0 radical (unpaired) electrons. The highest BCUT2D eigenvalue weighted by atomic mass is 19.1. The summed E-state index contributed by atoms with van der Waals surface area (Å²) in [6, 6.07) is 6.26. The van der Waals surface area contributed by atoms with Gasteiger partial charge in [0.2, 0.25) is 0 Å². The lowest BCUT2D eigenvalue weighted by molar-refractivity contribution is -0.0470. The number of rotatable bonds is 1. The van der Waals surface area contributed by atoms with Crippen molar-refractivity contribution in [3.63, 3.8) is 0 Å². The highest BCUT2D eigenvalue weighted by Gasteiger charge is 2.37. The van der Waals surface area contributed by atoms with Crippen LogP contribution in [-0.2, 0) is 5.60 Å². The third-order valence-corrected chi connectivity index (χ3v) is 3.60. The summed E-state index contributed by atoms with van der Waals surface area (Å²) in [7, 11) is 0. The van der Waals surface area contributed by atoms with Crippen LogP contribution in [0, 0.1) is 11.7 Å². The Kier molecular flexibility index (Phi) is 2.79. The second-order valence-electron chi connectivity index (χ2n) is 4.58. The van der Waals surface area contributed by atoms with Crippen LogP contribution in [0.5, 0.6) is 0 Å². The quantitative estimate of drug-likeness (QED) is 0.751. The van der Waals surface area contributed by atoms with Crippen LogP contribution in [0.4, 0.5) is 4.39 Å². The van der Waals surface area contributed by atoms with Crippen molar-refractivity contribution in [2.24, 2.45) is 5.92 Å². The second-order valence-corrected chi connectivity index (χ2v) is 4.58. The molecule has 0 spiro atoms. The van der Waals surface area contributed by atoms with Gasteiger partial charge in [-0.25, -0.2) is 4.39 Å². The minimum atomic E-state index is -0.744. The summed E-state index contributed by atoms with van der Waals surface area (Å²) in [5, 5.41) is 10.6. The molecular weight excluding hydrogens is 191 g/mol. The Bertz CT molecular complexity index is 333. The SMILES string of the molecule is CC1CCCCC1(O)c1ccc(F)cc1. The van der Waals surface area contributed by atoms with Crippen LogP contribution in [0.25, 0.3) is 0 Å². The van der Waals surface area contributed by atoms with Crippen LogP contribution < -0.4 is 0 Å². The van der Waals surface area contributed by atoms with E-state index in [1.807, 2.05) is 0 Å². The molecule has 0 amide bonds. The molecular formula is C13H17FO. The fourth-order valence-electron chi connectivity index (χ4n) is 2.50. The first-order chi connectivity index (χ1) is 7.13. The Labute approximate surface area is 89.9 Å². The van der Waals surface area contributed by atoms with Crippen molar-refractivity contribution in [1.82, 2.24) is 0 Å². The van der Waals surface area contributed by atoms with Crippen LogP contribution >= 0.6 is 0 Å². The normalized spacial score (nSPS) is 31.5. The number of halogens is 1. The summed E-state index contributed by atoms with van der Waals surface area (Å²) < 4.78 is 12.8. The van der Waals surface area contributed by atoms with Crippen LogP contribution in [-0.4, -0.2) is 5.11 Å². The van der Waals surface area contributed by atoms with Crippen molar-refractivity contribution in [1.29, 1.82) is 0 Å². The number of aliphatic hydroxyl groups is 1. The summed E-state index contributed by atoms with van der Waals surface area (Å²) >= 11 is 0. The summed E-state index contributed by atoms with van der Waals surface area (Å²) in [4.78, 5) is 0. The van der Waals surface area contributed by atoms with Gasteiger partial charge in [0.05, 0.1) is 5.60 Å². The zero-order chi connectivity index (χ0) is 10.9. The minimum absolute atomic E-state index is 0.245. The highest BCUT2D eigenvalue weighted by Crippen LogP contribution is 2.41. The monoisotopic (exact) mass is 208 g/mol. The predicted octanol–water partition coefficient (Wildman–Crippen LogP) is 3.22. The van der Waals surface area contributed by atoms with Gasteiger partial charge in [0.25, 0.3) is 0 Å². The maximum atomic E-state index is 12.8. The maximum Gasteiger partial charge on any atom is 0.123 e. The van der Waals surface area contributed by atoms with Crippen molar-refractivity contribution >= 4 is 0 Å². The van der Waals surface area contributed by atoms with E-state index < -0.39 is 5.60 Å². The van der Waals surface area contributed by atoms with Crippen molar-refractivity contribution in [3.8, 4) is 0 Å². The first-order valence-electron chi connectivity index (χ1n) is 5.61. The molecule has 2 rings (SSSR count). The Morgan fingerprint density at radius 3 is 2.53 bits per heavy atom. The predicted molar refractivity (Wildman–Crippen MR) is 57.9 cm³/mol. The molecule has 2 heteroatoms. The molecule has 0 aromatic heterocycles. The topological polar surface area (TPSA) is 20.2 Å². The van der Waals surface area contributed by atoms with Gasteiger partial charge in [-0.1, -0.05) is 31.9 Å². The van der Waals surface area contributed by atoms with Crippen molar-refractivity contribution in [3.05, 3.63) is 35.6 Å². The summed E-state index contributed by atoms with van der Waals surface area (Å²) in [5.41, 5.74) is 0.113. The van der Waals surface area contributed by atoms with Crippen LogP contribution in [0.15, 0.2) is 24.3 Å². The van der Waals surface area contributed by atoms with E-state index in [1.165, 1.54) is 18.6 Å². The van der Waals surface area contributed by atoms with Crippen LogP contribution in [0.2, 0.25) is 0 Å². The molecule has 1 nitrogen and oxygen atoms in total. The molecule has 1 aromatic rings. The van der Waals surface area contributed by atoms with Gasteiger partial charge in [-0.2, -0.15) is 0 Å². The summed E-state index contributed by atoms with van der Waals surface area (Å²) in [5.74, 6) is 0.0162. The smallest absolute Gasteiger partial charge is 0.123 e. The first kappa shape index (κ1) is 10.6. The third kappa shape index (κ3) is 1.91. The molecule has 15 heavy (non-hydrogen) atoms. The molecule has 2 atom stereocenters. The standard InChI is InChI=1S/C13H17FO/c1-10-4-2-3-9-13(10,15)11-5-7-12(14)8-6-11/h5-8,10,15H,2-4,9H2,1H3. The molecule has 1 fully saturated rings. The molecule has 82 valence electrons. The van der Waals surface area contributed by atoms with Gasteiger partial charge >= 0.3 is 0 Å². The van der Waals surface area contributed by atoms with E-state index in [4.69, 9.17) is 0 Å². The highest BCUT2D eigenvalue weighted by molar-refractivity contribution is 5.24. The van der Waals surface area contributed by atoms with Gasteiger partial charge < -0.3 is 5.11 Å². The van der Waals surface area contributed by atoms with Gasteiger partial charge in [-0.3, -0.25) is 0 Å². The lowest BCUT2D eigenvalue weighted by Gasteiger charge is -2.38.